The third-order valence-corrected chi connectivity index (χ3v) is 6.58. The Balaban J connectivity index is 1.62. The van der Waals surface area contributed by atoms with E-state index >= 15 is 0 Å². The maximum absolute atomic E-state index is 13.9. The van der Waals surface area contributed by atoms with Gasteiger partial charge in [0, 0.05) is 49.3 Å². The summed E-state index contributed by atoms with van der Waals surface area (Å²) in [6.45, 7) is 8.97. The summed E-state index contributed by atoms with van der Waals surface area (Å²) in [4.78, 5) is 28.2. The van der Waals surface area contributed by atoms with E-state index in [-0.39, 0.29) is 36.0 Å². The minimum absolute atomic E-state index is 0.0891. The van der Waals surface area contributed by atoms with Crippen molar-refractivity contribution in [2.75, 3.05) is 31.5 Å². The minimum atomic E-state index is -4.57. The van der Waals surface area contributed by atoms with Gasteiger partial charge in [0.1, 0.15) is 5.60 Å². The zero-order chi connectivity index (χ0) is 27.4. The number of nitrogens with one attached hydrogen (secondary N) is 1. The molecular weight excluding hydrogens is 551 g/mol. The largest absolute Gasteiger partial charge is 0.444 e. The molecule has 37 heavy (non-hydrogen) atoms. The van der Waals surface area contributed by atoms with Gasteiger partial charge in [0.25, 0.3) is 0 Å². The molecule has 1 aliphatic heterocycles. The second-order valence-corrected chi connectivity index (χ2v) is 11.2. The summed E-state index contributed by atoms with van der Waals surface area (Å²) < 4.78 is 48.0. The quantitative estimate of drug-likeness (QED) is 0.413. The molecule has 1 heterocycles. The van der Waals surface area contributed by atoms with Crippen molar-refractivity contribution < 1.29 is 27.5 Å². The maximum Gasteiger partial charge on any atom is 0.416 e. The third kappa shape index (κ3) is 8.74. The lowest BCUT2D eigenvalue weighted by molar-refractivity contribution is -0.138. The lowest BCUT2D eigenvalue weighted by Crippen LogP contribution is -2.49. The molecule has 6 nitrogen and oxygen atoms in total. The smallest absolute Gasteiger partial charge is 0.416 e. The Hall–Kier alpha value is -2.59. The fourth-order valence-electron chi connectivity index (χ4n) is 4.11. The number of benzene rings is 2. The first kappa shape index (κ1) is 29.0. The van der Waals surface area contributed by atoms with Gasteiger partial charge in [0.2, 0.25) is 5.91 Å². The molecule has 2 amide bonds. The molecule has 1 N–H and O–H groups in total. The zero-order valence-electron chi connectivity index (χ0n) is 21.5. The van der Waals surface area contributed by atoms with Gasteiger partial charge >= 0.3 is 12.3 Å². The van der Waals surface area contributed by atoms with Gasteiger partial charge in [-0.3, -0.25) is 9.69 Å². The van der Waals surface area contributed by atoms with Crippen LogP contribution in [0.1, 0.15) is 56.7 Å². The predicted molar refractivity (Wildman–Crippen MR) is 140 cm³/mol. The van der Waals surface area contributed by atoms with Crippen LogP contribution >= 0.6 is 15.9 Å². The first-order valence-corrected chi connectivity index (χ1v) is 13.0. The summed E-state index contributed by atoms with van der Waals surface area (Å²) >= 11 is 3.37. The molecule has 1 fully saturated rings. The Morgan fingerprint density at radius 3 is 2.22 bits per heavy atom. The number of carbonyl (C=O) groups excluding carboxylic acids is 2. The number of piperazine rings is 1. The summed E-state index contributed by atoms with van der Waals surface area (Å²) in [5.41, 5.74) is -0.181. The van der Waals surface area contributed by atoms with Crippen molar-refractivity contribution in [2.45, 2.75) is 58.4 Å². The summed E-state index contributed by atoms with van der Waals surface area (Å²) in [6.07, 6.45) is -4.84. The van der Waals surface area contributed by atoms with Crippen LogP contribution in [0.15, 0.2) is 46.9 Å². The second kappa shape index (κ2) is 11.9. The molecule has 202 valence electrons. The monoisotopic (exact) mass is 583 g/mol. The van der Waals surface area contributed by atoms with Crippen molar-refractivity contribution in [1.29, 1.82) is 0 Å². The van der Waals surface area contributed by atoms with Crippen LogP contribution in [0, 0.1) is 0 Å². The number of amides is 2. The number of rotatable bonds is 6. The van der Waals surface area contributed by atoms with Crippen LogP contribution in [0.2, 0.25) is 0 Å². The molecule has 2 aromatic rings. The number of ether oxygens (including phenoxy) is 1. The summed E-state index contributed by atoms with van der Waals surface area (Å²) in [6, 6.07) is 11.5. The number of nitrogens with zero attached hydrogens (tertiary/aromatic N) is 2. The summed E-state index contributed by atoms with van der Waals surface area (Å²) in [5.74, 6) is -0.441. The first-order valence-electron chi connectivity index (χ1n) is 12.2. The van der Waals surface area contributed by atoms with Gasteiger partial charge in [0.15, 0.2) is 0 Å². The van der Waals surface area contributed by atoms with Gasteiger partial charge in [0.05, 0.1) is 5.56 Å². The molecule has 0 aliphatic carbocycles. The van der Waals surface area contributed by atoms with Gasteiger partial charge in [-0.05, 0) is 62.1 Å². The Labute approximate surface area is 224 Å². The van der Waals surface area contributed by atoms with E-state index in [0.29, 0.717) is 26.2 Å². The highest BCUT2D eigenvalue weighted by molar-refractivity contribution is 9.10. The van der Waals surface area contributed by atoms with Crippen LogP contribution in [0.3, 0.4) is 0 Å². The van der Waals surface area contributed by atoms with E-state index in [1.165, 1.54) is 12.1 Å². The number of carbonyl (C=O) groups is 2. The van der Waals surface area contributed by atoms with Crippen molar-refractivity contribution in [1.82, 2.24) is 9.80 Å². The molecule has 1 aliphatic rings. The number of hydrogen-bond acceptors (Lipinski definition) is 4. The molecule has 0 saturated carbocycles. The van der Waals surface area contributed by atoms with Gasteiger partial charge in [-0.2, -0.15) is 13.2 Å². The van der Waals surface area contributed by atoms with Gasteiger partial charge in [-0.1, -0.05) is 41.1 Å². The molecule has 1 atom stereocenters. The van der Waals surface area contributed by atoms with Crippen molar-refractivity contribution in [3.63, 3.8) is 0 Å². The molecular formula is C27H33BrF3N3O3. The molecule has 1 saturated heterocycles. The van der Waals surface area contributed by atoms with E-state index in [2.05, 4.69) is 21.2 Å². The fourth-order valence-corrected chi connectivity index (χ4v) is 4.38. The van der Waals surface area contributed by atoms with Crippen LogP contribution in [-0.2, 0) is 22.3 Å². The Morgan fingerprint density at radius 1 is 1.03 bits per heavy atom. The van der Waals surface area contributed by atoms with E-state index in [1.54, 1.807) is 25.7 Å². The van der Waals surface area contributed by atoms with Gasteiger partial charge < -0.3 is 15.0 Å². The summed E-state index contributed by atoms with van der Waals surface area (Å²) in [7, 11) is 0. The Morgan fingerprint density at radius 2 is 1.65 bits per heavy atom. The number of anilines is 1. The molecule has 3 rings (SSSR count). The van der Waals surface area contributed by atoms with Crippen molar-refractivity contribution in [2.24, 2.45) is 0 Å². The highest BCUT2D eigenvalue weighted by atomic mass is 79.9. The lowest BCUT2D eigenvalue weighted by atomic mass is 9.97. The zero-order valence-corrected chi connectivity index (χ0v) is 23.1. The Kier molecular flexibility index (Phi) is 9.28. The topological polar surface area (TPSA) is 61.9 Å². The Bertz CT molecular complexity index is 1090. The molecule has 0 unspecified atom stereocenters. The number of hydrogen-bond donors (Lipinski definition) is 1. The molecule has 0 bridgehead atoms. The third-order valence-electron chi connectivity index (χ3n) is 6.05. The van der Waals surface area contributed by atoms with E-state index in [1.807, 2.05) is 36.1 Å². The lowest BCUT2D eigenvalue weighted by Gasteiger charge is -2.36. The van der Waals surface area contributed by atoms with Crippen LogP contribution in [0.4, 0.5) is 23.7 Å². The highest BCUT2D eigenvalue weighted by Crippen LogP contribution is 2.35. The van der Waals surface area contributed by atoms with E-state index < -0.39 is 23.4 Å². The van der Waals surface area contributed by atoms with Crippen molar-refractivity contribution in [3.8, 4) is 0 Å². The SMILES string of the molecule is C[C@H](CC(=O)Nc1ccc(CN2CCN(C(=O)OC(C)(C)C)CC2)c(C(F)(F)F)c1)c1ccc(Br)cc1. The van der Waals surface area contributed by atoms with E-state index in [9.17, 15) is 22.8 Å². The van der Waals surface area contributed by atoms with Crippen LogP contribution in [0.5, 0.6) is 0 Å². The molecule has 10 heteroatoms. The fraction of sp³-hybridized carbons (Fsp3) is 0.481. The van der Waals surface area contributed by atoms with E-state index in [4.69, 9.17) is 4.74 Å². The van der Waals surface area contributed by atoms with E-state index in [0.717, 1.165) is 16.1 Å². The second-order valence-electron chi connectivity index (χ2n) is 10.3. The maximum atomic E-state index is 13.9. The summed E-state index contributed by atoms with van der Waals surface area (Å²) in [5, 5.41) is 2.61. The van der Waals surface area contributed by atoms with Crippen molar-refractivity contribution >= 4 is 33.6 Å². The van der Waals surface area contributed by atoms with Gasteiger partial charge in [-0.25, -0.2) is 4.79 Å². The molecule has 0 radical (unpaired) electrons. The molecule has 0 aromatic heterocycles. The molecule has 0 spiro atoms. The molecule has 2 aromatic carbocycles. The number of halogens is 4. The normalized spacial score (nSPS) is 15.8. The standard InChI is InChI=1S/C27H33BrF3N3O3/c1-18(19-5-8-21(28)9-6-19)15-24(35)32-22-10-7-20(23(16-22)27(29,30)31)17-33-11-13-34(14-12-33)25(36)37-26(2,3)4/h5-10,16,18H,11-15,17H2,1-4H3,(H,32,35)/t18-/m1/s1. The average molecular weight is 584 g/mol. The van der Waals surface area contributed by atoms with Gasteiger partial charge in [-0.15, -0.1) is 0 Å². The van der Waals surface area contributed by atoms with Crippen LogP contribution < -0.4 is 5.32 Å². The highest BCUT2D eigenvalue weighted by Gasteiger charge is 2.35. The first-order chi connectivity index (χ1) is 17.2. The average Bonchev–Trinajstić information content (AvgIpc) is 2.79. The van der Waals surface area contributed by atoms with Crippen LogP contribution in [0.25, 0.3) is 0 Å². The van der Waals surface area contributed by atoms with Crippen molar-refractivity contribution in [3.05, 3.63) is 63.6 Å². The number of alkyl halides is 3. The predicted octanol–water partition coefficient (Wildman–Crippen LogP) is 6.65. The van der Waals surface area contributed by atoms with Crippen LogP contribution in [-0.4, -0.2) is 53.6 Å². The minimum Gasteiger partial charge on any atom is -0.444 e.